The number of hydrogen-bond acceptors (Lipinski definition) is 2. The first kappa shape index (κ1) is 14.1. The summed E-state index contributed by atoms with van der Waals surface area (Å²) < 4.78 is 0. The molecule has 3 heteroatoms. The number of nitrogens with zero attached hydrogens (tertiary/aromatic N) is 1. The molecular formula is C16H24N2O. The molecule has 1 aliphatic rings. The maximum atomic E-state index is 12.1. The lowest BCUT2D eigenvalue weighted by Gasteiger charge is -2.50. The Morgan fingerprint density at radius 2 is 2.11 bits per heavy atom. The van der Waals surface area contributed by atoms with Crippen LogP contribution in [0.4, 0.5) is 0 Å². The fourth-order valence-electron chi connectivity index (χ4n) is 2.48. The molecule has 0 atom stereocenters. The highest BCUT2D eigenvalue weighted by Crippen LogP contribution is 2.26. The zero-order valence-electron chi connectivity index (χ0n) is 12.1. The fourth-order valence-corrected chi connectivity index (χ4v) is 2.48. The van der Waals surface area contributed by atoms with Gasteiger partial charge in [0, 0.05) is 19.5 Å². The van der Waals surface area contributed by atoms with Crippen LogP contribution in [-0.4, -0.2) is 29.4 Å². The Morgan fingerprint density at radius 1 is 1.42 bits per heavy atom. The number of benzene rings is 1. The quantitative estimate of drug-likeness (QED) is 0.901. The van der Waals surface area contributed by atoms with E-state index in [-0.39, 0.29) is 11.4 Å². The Kier molecular flexibility index (Phi) is 3.95. The lowest BCUT2D eigenvalue weighted by atomic mass is 9.80. The highest BCUT2D eigenvalue weighted by Gasteiger charge is 2.43. The number of amides is 1. The third-order valence-electron chi connectivity index (χ3n) is 4.18. The zero-order valence-corrected chi connectivity index (χ0v) is 12.1. The van der Waals surface area contributed by atoms with Crippen LogP contribution in [0.15, 0.2) is 24.3 Å². The molecule has 1 aromatic rings. The third kappa shape index (κ3) is 3.16. The predicted molar refractivity (Wildman–Crippen MR) is 77.8 cm³/mol. The van der Waals surface area contributed by atoms with E-state index in [2.05, 4.69) is 39.0 Å². The molecule has 0 spiro atoms. The van der Waals surface area contributed by atoms with E-state index in [9.17, 15) is 4.79 Å². The molecule has 1 aliphatic heterocycles. The number of carbonyl (C=O) groups excluding carboxylic acids is 1. The average molecular weight is 260 g/mol. The largest absolute Gasteiger partial charge is 0.339 e. The van der Waals surface area contributed by atoms with E-state index < -0.39 is 0 Å². The van der Waals surface area contributed by atoms with Gasteiger partial charge < -0.3 is 10.6 Å². The molecular weight excluding hydrogens is 236 g/mol. The molecule has 3 nitrogen and oxygen atoms in total. The van der Waals surface area contributed by atoms with Gasteiger partial charge in [0.15, 0.2) is 0 Å². The van der Waals surface area contributed by atoms with Crippen molar-refractivity contribution in [2.45, 2.75) is 39.2 Å². The summed E-state index contributed by atoms with van der Waals surface area (Å²) in [6.45, 7) is 7.73. The number of likely N-dealkylation sites (tertiary alicyclic amines) is 1. The van der Waals surface area contributed by atoms with Crippen LogP contribution in [0.5, 0.6) is 0 Å². The van der Waals surface area contributed by atoms with Gasteiger partial charge in [0.05, 0.1) is 5.54 Å². The molecule has 0 radical (unpaired) electrons. The summed E-state index contributed by atoms with van der Waals surface area (Å²) in [5.41, 5.74) is 8.52. The molecule has 1 amide bonds. The number of hydrogen-bond donors (Lipinski definition) is 1. The zero-order chi connectivity index (χ0) is 14.0. The molecule has 0 aromatic heterocycles. The van der Waals surface area contributed by atoms with Crippen LogP contribution in [0.1, 0.15) is 31.4 Å². The first-order valence-corrected chi connectivity index (χ1v) is 7.03. The van der Waals surface area contributed by atoms with Gasteiger partial charge in [0.1, 0.15) is 0 Å². The molecule has 1 fully saturated rings. The van der Waals surface area contributed by atoms with Crippen molar-refractivity contribution in [3.63, 3.8) is 0 Å². The van der Waals surface area contributed by atoms with E-state index in [1.807, 2.05) is 11.0 Å². The van der Waals surface area contributed by atoms with Crippen molar-refractivity contribution in [2.75, 3.05) is 13.1 Å². The minimum Gasteiger partial charge on any atom is -0.339 e. The lowest BCUT2D eigenvalue weighted by molar-refractivity contribution is -0.140. The van der Waals surface area contributed by atoms with Crippen molar-refractivity contribution in [3.8, 4) is 0 Å². The molecule has 2 rings (SSSR count). The van der Waals surface area contributed by atoms with Crippen LogP contribution in [0.25, 0.3) is 0 Å². The number of aryl methyl sites for hydroxylation is 2. The molecule has 0 unspecified atom stereocenters. The topological polar surface area (TPSA) is 46.3 Å². The molecule has 0 saturated carbocycles. The number of carbonyl (C=O) groups is 1. The van der Waals surface area contributed by atoms with Gasteiger partial charge in [0.2, 0.25) is 5.91 Å². The molecule has 2 N–H and O–H groups in total. The molecule has 0 bridgehead atoms. The summed E-state index contributed by atoms with van der Waals surface area (Å²) in [5, 5.41) is 0. The number of rotatable bonds is 4. The summed E-state index contributed by atoms with van der Waals surface area (Å²) in [6.07, 6.45) is 1.40. The van der Waals surface area contributed by atoms with Crippen molar-refractivity contribution in [3.05, 3.63) is 35.4 Å². The van der Waals surface area contributed by atoms with Crippen LogP contribution in [-0.2, 0) is 11.2 Å². The van der Waals surface area contributed by atoms with Crippen molar-refractivity contribution >= 4 is 5.91 Å². The van der Waals surface area contributed by atoms with Crippen LogP contribution in [0, 0.1) is 12.8 Å². The molecule has 0 aliphatic carbocycles. The maximum absolute atomic E-state index is 12.1. The van der Waals surface area contributed by atoms with Crippen molar-refractivity contribution in [1.29, 1.82) is 0 Å². The summed E-state index contributed by atoms with van der Waals surface area (Å²) in [4.78, 5) is 13.9. The second-order valence-corrected chi connectivity index (χ2v) is 6.13. The second kappa shape index (κ2) is 5.33. The first-order chi connectivity index (χ1) is 8.90. The predicted octanol–water partition coefficient (Wildman–Crippen LogP) is 2.12. The minimum absolute atomic E-state index is 0.168. The Balaban J connectivity index is 1.81. The monoisotopic (exact) mass is 260 g/mol. The summed E-state index contributed by atoms with van der Waals surface area (Å²) in [7, 11) is 0. The van der Waals surface area contributed by atoms with Crippen molar-refractivity contribution in [1.82, 2.24) is 4.90 Å². The maximum Gasteiger partial charge on any atom is 0.223 e. The van der Waals surface area contributed by atoms with Gasteiger partial charge in [-0.05, 0) is 24.8 Å². The van der Waals surface area contributed by atoms with Gasteiger partial charge in [-0.1, -0.05) is 43.7 Å². The van der Waals surface area contributed by atoms with Crippen molar-refractivity contribution in [2.24, 2.45) is 11.7 Å². The molecule has 19 heavy (non-hydrogen) atoms. The minimum atomic E-state index is -0.168. The van der Waals surface area contributed by atoms with Gasteiger partial charge in [0.25, 0.3) is 0 Å². The van der Waals surface area contributed by atoms with Crippen LogP contribution >= 0.6 is 0 Å². The first-order valence-electron chi connectivity index (χ1n) is 7.03. The van der Waals surface area contributed by atoms with Crippen molar-refractivity contribution < 1.29 is 4.79 Å². The Labute approximate surface area is 115 Å². The molecule has 1 heterocycles. The molecule has 1 saturated heterocycles. The normalized spacial score (nSPS) is 17.4. The fraction of sp³-hybridized carbons (Fsp3) is 0.562. The van der Waals surface area contributed by atoms with Gasteiger partial charge in [-0.15, -0.1) is 0 Å². The standard InChI is InChI=1S/C16H24N2O/c1-12(2)16(17)10-18(11-16)15(19)8-7-14-6-4-5-13(3)9-14/h4-6,9,12H,7-8,10-11,17H2,1-3H3. The van der Waals surface area contributed by atoms with E-state index in [4.69, 9.17) is 5.73 Å². The lowest BCUT2D eigenvalue weighted by Crippen LogP contribution is -2.71. The Hall–Kier alpha value is -1.35. The van der Waals surface area contributed by atoms with Gasteiger partial charge in [-0.25, -0.2) is 0 Å². The van der Waals surface area contributed by atoms with E-state index in [0.717, 1.165) is 6.42 Å². The van der Waals surface area contributed by atoms with Gasteiger partial charge in [-0.3, -0.25) is 4.79 Å². The summed E-state index contributed by atoms with van der Waals surface area (Å²) in [5.74, 6) is 0.650. The van der Waals surface area contributed by atoms with Crippen LogP contribution < -0.4 is 5.73 Å². The summed E-state index contributed by atoms with van der Waals surface area (Å²) >= 11 is 0. The summed E-state index contributed by atoms with van der Waals surface area (Å²) in [6, 6.07) is 8.34. The molecule has 104 valence electrons. The van der Waals surface area contributed by atoms with Crippen LogP contribution in [0.2, 0.25) is 0 Å². The smallest absolute Gasteiger partial charge is 0.223 e. The number of nitrogens with two attached hydrogens (primary N) is 1. The third-order valence-corrected chi connectivity index (χ3v) is 4.18. The van der Waals surface area contributed by atoms with Gasteiger partial charge in [-0.2, -0.15) is 0 Å². The Bertz CT molecular complexity index is 462. The Morgan fingerprint density at radius 3 is 2.68 bits per heavy atom. The second-order valence-electron chi connectivity index (χ2n) is 6.13. The average Bonchev–Trinajstić information content (AvgIpc) is 2.32. The van der Waals surface area contributed by atoms with E-state index in [0.29, 0.717) is 25.4 Å². The highest BCUT2D eigenvalue weighted by atomic mass is 16.2. The van der Waals surface area contributed by atoms with E-state index in [1.54, 1.807) is 0 Å². The van der Waals surface area contributed by atoms with E-state index in [1.165, 1.54) is 11.1 Å². The molecule has 1 aromatic carbocycles. The SMILES string of the molecule is Cc1cccc(CCC(=O)N2CC(N)(C(C)C)C2)c1. The van der Waals surface area contributed by atoms with Gasteiger partial charge >= 0.3 is 0 Å². The highest BCUT2D eigenvalue weighted by molar-refractivity contribution is 5.77. The van der Waals surface area contributed by atoms with Crippen LogP contribution in [0.3, 0.4) is 0 Å². The van der Waals surface area contributed by atoms with E-state index >= 15 is 0 Å².